The van der Waals surface area contributed by atoms with Crippen molar-refractivity contribution >= 4 is 0 Å². The maximum absolute atomic E-state index is 13.8. The Bertz CT molecular complexity index is 608. The number of hydrogen-bond donors (Lipinski definition) is 1. The van der Waals surface area contributed by atoms with Crippen molar-refractivity contribution in [3.63, 3.8) is 0 Å². The summed E-state index contributed by atoms with van der Waals surface area (Å²) >= 11 is 0. The summed E-state index contributed by atoms with van der Waals surface area (Å²) < 4.78 is 19.1. The first-order chi connectivity index (χ1) is 8.58. The molecule has 0 spiro atoms. The van der Waals surface area contributed by atoms with E-state index in [4.69, 9.17) is 4.74 Å². The van der Waals surface area contributed by atoms with Crippen LogP contribution in [0.25, 0.3) is 11.1 Å². The summed E-state index contributed by atoms with van der Waals surface area (Å²) in [4.78, 5) is 17.8. The first-order valence-electron chi connectivity index (χ1n) is 5.57. The summed E-state index contributed by atoms with van der Waals surface area (Å²) in [6.45, 7) is 3.64. The van der Waals surface area contributed by atoms with Crippen LogP contribution in [0.3, 0.4) is 0 Å². The number of rotatable bonds is 3. The molecule has 18 heavy (non-hydrogen) atoms. The monoisotopic (exact) mass is 248 g/mol. The molecule has 94 valence electrons. The van der Waals surface area contributed by atoms with Crippen molar-refractivity contribution in [2.45, 2.75) is 20.0 Å². The van der Waals surface area contributed by atoms with Crippen LogP contribution < -0.4 is 10.3 Å². The molecule has 0 radical (unpaired) electrons. The van der Waals surface area contributed by atoms with Crippen LogP contribution in [0.1, 0.15) is 13.8 Å². The van der Waals surface area contributed by atoms with Gasteiger partial charge in [-0.25, -0.2) is 9.37 Å². The Morgan fingerprint density at radius 1 is 1.39 bits per heavy atom. The van der Waals surface area contributed by atoms with Gasteiger partial charge in [-0.1, -0.05) is 6.07 Å². The van der Waals surface area contributed by atoms with Crippen molar-refractivity contribution < 1.29 is 9.13 Å². The summed E-state index contributed by atoms with van der Waals surface area (Å²) in [5.41, 5.74) is 0.493. The molecule has 2 aromatic rings. The summed E-state index contributed by atoms with van der Waals surface area (Å²) in [5, 5.41) is 0. The Hall–Kier alpha value is -2.17. The highest BCUT2D eigenvalue weighted by molar-refractivity contribution is 5.62. The molecule has 2 rings (SSSR count). The number of halogens is 1. The van der Waals surface area contributed by atoms with Crippen molar-refractivity contribution in [1.82, 2.24) is 9.97 Å². The largest absolute Gasteiger partial charge is 0.488 e. The van der Waals surface area contributed by atoms with Crippen LogP contribution in [0.15, 0.2) is 35.5 Å². The SMILES string of the molecule is CC(C)Oc1ccc(-c2cnc[nH]c2=O)cc1F. The highest BCUT2D eigenvalue weighted by Gasteiger charge is 2.09. The molecule has 4 nitrogen and oxygen atoms in total. The Morgan fingerprint density at radius 2 is 2.17 bits per heavy atom. The zero-order chi connectivity index (χ0) is 13.1. The molecule has 0 aliphatic heterocycles. The van der Waals surface area contributed by atoms with Gasteiger partial charge in [0.05, 0.1) is 18.0 Å². The van der Waals surface area contributed by atoms with Crippen LogP contribution >= 0.6 is 0 Å². The van der Waals surface area contributed by atoms with Gasteiger partial charge in [0.1, 0.15) is 0 Å². The molecule has 1 N–H and O–H groups in total. The van der Waals surface area contributed by atoms with Crippen LogP contribution in [0, 0.1) is 5.82 Å². The molecule has 0 unspecified atom stereocenters. The van der Waals surface area contributed by atoms with Gasteiger partial charge >= 0.3 is 0 Å². The molecule has 1 aromatic carbocycles. The zero-order valence-electron chi connectivity index (χ0n) is 10.1. The topological polar surface area (TPSA) is 55.0 Å². The van der Waals surface area contributed by atoms with E-state index < -0.39 is 5.82 Å². The molecule has 0 bridgehead atoms. The molecule has 0 saturated heterocycles. The average Bonchev–Trinajstić information content (AvgIpc) is 2.32. The molecular formula is C13H13FN2O2. The molecule has 0 amide bonds. The minimum absolute atomic E-state index is 0.104. The fourth-order valence-electron chi connectivity index (χ4n) is 1.57. The predicted octanol–water partition coefficient (Wildman–Crippen LogP) is 2.36. The number of H-pyrrole nitrogens is 1. The summed E-state index contributed by atoms with van der Waals surface area (Å²) in [5.74, 6) is -0.321. The van der Waals surface area contributed by atoms with Crippen molar-refractivity contribution in [3.05, 3.63) is 46.9 Å². The fraction of sp³-hybridized carbons (Fsp3) is 0.231. The van der Waals surface area contributed by atoms with Crippen molar-refractivity contribution in [3.8, 4) is 16.9 Å². The fourth-order valence-corrected chi connectivity index (χ4v) is 1.57. The Morgan fingerprint density at radius 3 is 2.78 bits per heavy atom. The molecule has 5 heteroatoms. The third-order valence-electron chi connectivity index (χ3n) is 2.32. The van der Waals surface area contributed by atoms with E-state index in [2.05, 4.69) is 9.97 Å². The highest BCUT2D eigenvalue weighted by atomic mass is 19.1. The van der Waals surface area contributed by atoms with E-state index in [1.165, 1.54) is 24.7 Å². The van der Waals surface area contributed by atoms with Crippen LogP contribution in [0.5, 0.6) is 5.75 Å². The second kappa shape index (κ2) is 5.00. The number of hydrogen-bond acceptors (Lipinski definition) is 3. The lowest BCUT2D eigenvalue weighted by atomic mass is 10.1. The summed E-state index contributed by atoms with van der Waals surface area (Å²) in [6.07, 6.45) is 2.59. The average molecular weight is 248 g/mol. The van der Waals surface area contributed by atoms with Crippen LogP contribution in [0.2, 0.25) is 0 Å². The van der Waals surface area contributed by atoms with E-state index in [0.717, 1.165) is 0 Å². The lowest BCUT2D eigenvalue weighted by molar-refractivity contribution is 0.231. The van der Waals surface area contributed by atoms with Gasteiger partial charge in [0.15, 0.2) is 11.6 Å². The summed E-state index contributed by atoms with van der Waals surface area (Å²) in [6, 6.07) is 4.41. The minimum atomic E-state index is -0.496. The number of ether oxygens (including phenoxy) is 1. The lowest BCUT2D eigenvalue weighted by Gasteiger charge is -2.11. The van der Waals surface area contributed by atoms with Gasteiger partial charge < -0.3 is 9.72 Å². The van der Waals surface area contributed by atoms with Crippen molar-refractivity contribution in [2.75, 3.05) is 0 Å². The second-order valence-corrected chi connectivity index (χ2v) is 4.11. The van der Waals surface area contributed by atoms with Crippen LogP contribution in [0.4, 0.5) is 4.39 Å². The minimum Gasteiger partial charge on any atom is -0.488 e. The van der Waals surface area contributed by atoms with E-state index in [0.29, 0.717) is 11.1 Å². The molecule has 0 aliphatic rings. The molecule has 0 fully saturated rings. The molecule has 1 heterocycles. The van der Waals surface area contributed by atoms with E-state index in [1.807, 2.05) is 13.8 Å². The van der Waals surface area contributed by atoms with Crippen molar-refractivity contribution in [2.24, 2.45) is 0 Å². The first kappa shape index (κ1) is 12.3. The van der Waals surface area contributed by atoms with E-state index in [-0.39, 0.29) is 17.4 Å². The van der Waals surface area contributed by atoms with Gasteiger partial charge in [-0.3, -0.25) is 4.79 Å². The van der Waals surface area contributed by atoms with Crippen LogP contribution in [-0.2, 0) is 0 Å². The molecule has 0 atom stereocenters. The maximum atomic E-state index is 13.8. The number of aromatic nitrogens is 2. The van der Waals surface area contributed by atoms with Gasteiger partial charge in [0, 0.05) is 6.20 Å². The van der Waals surface area contributed by atoms with Gasteiger partial charge in [-0.05, 0) is 31.5 Å². The van der Waals surface area contributed by atoms with Gasteiger partial charge in [-0.15, -0.1) is 0 Å². The predicted molar refractivity (Wildman–Crippen MR) is 66.0 cm³/mol. The Kier molecular flexibility index (Phi) is 3.41. The quantitative estimate of drug-likeness (QED) is 0.907. The molecule has 0 saturated carbocycles. The van der Waals surface area contributed by atoms with E-state index in [1.54, 1.807) is 6.07 Å². The Labute approximate surface area is 103 Å². The first-order valence-corrected chi connectivity index (χ1v) is 5.57. The number of nitrogens with zero attached hydrogens (tertiary/aromatic N) is 1. The normalized spacial score (nSPS) is 10.7. The van der Waals surface area contributed by atoms with Crippen molar-refractivity contribution in [1.29, 1.82) is 0 Å². The molecule has 1 aromatic heterocycles. The summed E-state index contributed by atoms with van der Waals surface area (Å²) in [7, 11) is 0. The molecule has 0 aliphatic carbocycles. The molecular weight excluding hydrogens is 235 g/mol. The maximum Gasteiger partial charge on any atom is 0.258 e. The Balaban J connectivity index is 2.41. The third kappa shape index (κ3) is 2.56. The van der Waals surface area contributed by atoms with Gasteiger partial charge in [0.25, 0.3) is 5.56 Å². The number of nitrogens with one attached hydrogen (secondary N) is 1. The van der Waals surface area contributed by atoms with E-state index >= 15 is 0 Å². The highest BCUT2D eigenvalue weighted by Crippen LogP contribution is 2.24. The lowest BCUT2D eigenvalue weighted by Crippen LogP contribution is -2.09. The standard InChI is InChI=1S/C13H13FN2O2/c1-8(2)18-12-4-3-9(5-11(12)14)10-6-15-7-16-13(10)17/h3-8H,1-2H3,(H,15,16,17). The van der Waals surface area contributed by atoms with Gasteiger partial charge in [-0.2, -0.15) is 0 Å². The zero-order valence-corrected chi connectivity index (χ0v) is 10.1. The van der Waals surface area contributed by atoms with E-state index in [9.17, 15) is 9.18 Å². The third-order valence-corrected chi connectivity index (χ3v) is 2.32. The van der Waals surface area contributed by atoms with Gasteiger partial charge in [0.2, 0.25) is 0 Å². The second-order valence-electron chi connectivity index (χ2n) is 4.11. The van der Waals surface area contributed by atoms with Crippen LogP contribution in [-0.4, -0.2) is 16.1 Å². The number of aromatic amines is 1. The number of benzene rings is 1. The smallest absolute Gasteiger partial charge is 0.258 e.